The Kier molecular flexibility index (Phi) is 3.68. The van der Waals surface area contributed by atoms with Gasteiger partial charge in [-0.15, -0.1) is 0 Å². The van der Waals surface area contributed by atoms with Gasteiger partial charge in [0.25, 0.3) is 0 Å². The van der Waals surface area contributed by atoms with Crippen LogP contribution in [-0.2, 0) is 4.74 Å². The Morgan fingerprint density at radius 1 is 1.38 bits per heavy atom. The van der Waals surface area contributed by atoms with Crippen molar-refractivity contribution < 1.29 is 9.13 Å². The predicted molar refractivity (Wildman–Crippen MR) is 51.6 cm³/mol. The van der Waals surface area contributed by atoms with Gasteiger partial charge < -0.3 is 4.74 Å². The fourth-order valence-corrected chi connectivity index (χ4v) is 2.03. The molecule has 0 N–H and O–H groups in total. The minimum atomic E-state index is -0.673. The van der Waals surface area contributed by atoms with E-state index in [-0.39, 0.29) is 18.2 Å². The second-order valence-electron chi connectivity index (χ2n) is 4.23. The molecule has 0 spiro atoms. The number of hydrogen-bond donors (Lipinski definition) is 0. The van der Waals surface area contributed by atoms with Crippen LogP contribution in [-0.4, -0.2) is 42.9 Å². The first-order valence-electron chi connectivity index (χ1n) is 5.00. The Labute approximate surface area is 80.1 Å². The minimum absolute atomic E-state index is 0.130. The number of ether oxygens (including phenoxy) is 1. The highest BCUT2D eigenvalue weighted by molar-refractivity contribution is 4.87. The smallest absolute Gasteiger partial charge is 0.114 e. The summed E-state index contributed by atoms with van der Waals surface area (Å²) in [5, 5.41) is 0. The number of likely N-dealkylation sites (tertiary alicyclic amines) is 1. The molecule has 1 aliphatic rings. The number of rotatable bonds is 3. The number of nitrogens with zero attached hydrogens (tertiary/aromatic N) is 1. The summed E-state index contributed by atoms with van der Waals surface area (Å²) < 4.78 is 18.7. The predicted octanol–water partition coefficient (Wildman–Crippen LogP) is 1.84. The van der Waals surface area contributed by atoms with E-state index in [1.54, 1.807) is 0 Å². The summed E-state index contributed by atoms with van der Waals surface area (Å²) in [6, 6.07) is 0.248. The van der Waals surface area contributed by atoms with Crippen LogP contribution in [0.5, 0.6) is 0 Å². The average molecular weight is 189 g/mol. The van der Waals surface area contributed by atoms with E-state index in [4.69, 9.17) is 4.74 Å². The number of alkyl halides is 1. The highest BCUT2D eigenvalue weighted by Gasteiger charge is 2.33. The fourth-order valence-electron chi connectivity index (χ4n) is 2.03. The molecule has 2 nitrogen and oxygen atoms in total. The van der Waals surface area contributed by atoms with Gasteiger partial charge >= 0.3 is 0 Å². The van der Waals surface area contributed by atoms with Crippen LogP contribution in [0.1, 0.15) is 27.2 Å². The molecule has 0 aliphatic carbocycles. The van der Waals surface area contributed by atoms with E-state index in [1.165, 1.54) is 0 Å². The molecule has 13 heavy (non-hydrogen) atoms. The van der Waals surface area contributed by atoms with Crippen molar-refractivity contribution in [3.63, 3.8) is 0 Å². The first kappa shape index (κ1) is 10.9. The van der Waals surface area contributed by atoms with Gasteiger partial charge in [-0.3, -0.25) is 4.90 Å². The molecule has 0 aromatic heterocycles. The molecular weight excluding hydrogens is 169 g/mol. The molecule has 0 aromatic carbocycles. The summed E-state index contributed by atoms with van der Waals surface area (Å²) in [6.45, 7) is 6.60. The lowest BCUT2D eigenvalue weighted by Crippen LogP contribution is -2.37. The molecule has 1 rings (SSSR count). The largest absolute Gasteiger partial charge is 0.374 e. The van der Waals surface area contributed by atoms with E-state index in [1.807, 2.05) is 27.8 Å². The van der Waals surface area contributed by atoms with Crippen LogP contribution in [0.4, 0.5) is 4.39 Å². The van der Waals surface area contributed by atoms with Crippen LogP contribution < -0.4 is 0 Å². The Morgan fingerprint density at radius 2 is 2.00 bits per heavy atom. The van der Waals surface area contributed by atoms with Gasteiger partial charge in [0.1, 0.15) is 6.17 Å². The minimum Gasteiger partial charge on any atom is -0.374 e. The van der Waals surface area contributed by atoms with Gasteiger partial charge in [0, 0.05) is 12.6 Å². The van der Waals surface area contributed by atoms with Gasteiger partial charge in [-0.1, -0.05) is 0 Å². The highest BCUT2D eigenvalue weighted by Crippen LogP contribution is 2.23. The zero-order valence-corrected chi connectivity index (χ0v) is 8.96. The summed E-state index contributed by atoms with van der Waals surface area (Å²) in [5.74, 6) is 0. The molecule has 1 heterocycles. The summed E-state index contributed by atoms with van der Waals surface area (Å²) in [4.78, 5) is 2.05. The molecule has 0 radical (unpaired) electrons. The quantitative estimate of drug-likeness (QED) is 0.671. The molecule has 0 unspecified atom stereocenters. The Hall–Kier alpha value is -0.150. The fraction of sp³-hybridized carbons (Fsp3) is 1.00. The number of likely N-dealkylation sites (N-methyl/N-ethyl adjacent to an activating group) is 1. The van der Waals surface area contributed by atoms with E-state index in [9.17, 15) is 4.39 Å². The normalized spacial score (nSPS) is 32.8. The Balaban J connectivity index is 2.42. The summed E-state index contributed by atoms with van der Waals surface area (Å²) in [6.07, 6.45) is 0.297. The maximum atomic E-state index is 13.0. The number of halogens is 1. The van der Waals surface area contributed by atoms with E-state index in [0.29, 0.717) is 13.0 Å². The first-order valence-corrected chi connectivity index (χ1v) is 5.00. The van der Waals surface area contributed by atoms with Crippen molar-refractivity contribution in [2.24, 2.45) is 0 Å². The van der Waals surface area contributed by atoms with Crippen molar-refractivity contribution in [1.29, 1.82) is 0 Å². The maximum Gasteiger partial charge on any atom is 0.114 e. The van der Waals surface area contributed by atoms with E-state index < -0.39 is 6.17 Å². The van der Waals surface area contributed by atoms with Crippen LogP contribution in [0.2, 0.25) is 0 Å². The molecule has 3 atom stereocenters. The monoisotopic (exact) mass is 189 g/mol. The Bertz CT molecular complexity index is 163. The van der Waals surface area contributed by atoms with Crippen molar-refractivity contribution in [3.8, 4) is 0 Å². The molecule has 3 heteroatoms. The van der Waals surface area contributed by atoms with Crippen molar-refractivity contribution >= 4 is 0 Å². The second kappa shape index (κ2) is 4.38. The van der Waals surface area contributed by atoms with Crippen LogP contribution in [0, 0.1) is 0 Å². The molecule has 78 valence electrons. The van der Waals surface area contributed by atoms with Crippen LogP contribution in [0.15, 0.2) is 0 Å². The molecule has 1 saturated heterocycles. The van der Waals surface area contributed by atoms with Crippen molar-refractivity contribution in [1.82, 2.24) is 4.90 Å². The molecule has 1 aliphatic heterocycles. The molecule has 0 bridgehead atoms. The van der Waals surface area contributed by atoms with Crippen LogP contribution in [0.3, 0.4) is 0 Å². The van der Waals surface area contributed by atoms with E-state index in [2.05, 4.69) is 4.90 Å². The molecular formula is C10H20FNO. The van der Waals surface area contributed by atoms with Crippen molar-refractivity contribution in [2.45, 2.75) is 51.6 Å². The van der Waals surface area contributed by atoms with Crippen LogP contribution >= 0.6 is 0 Å². The molecule has 0 aromatic rings. The van der Waals surface area contributed by atoms with Gasteiger partial charge in [-0.05, 0) is 34.2 Å². The lowest BCUT2D eigenvalue weighted by Gasteiger charge is -2.27. The Morgan fingerprint density at radius 3 is 2.38 bits per heavy atom. The lowest BCUT2D eigenvalue weighted by molar-refractivity contribution is -0.0203. The zero-order chi connectivity index (χ0) is 10.0. The van der Waals surface area contributed by atoms with Gasteiger partial charge in [0.15, 0.2) is 0 Å². The van der Waals surface area contributed by atoms with E-state index >= 15 is 0 Å². The van der Waals surface area contributed by atoms with Gasteiger partial charge in [-0.2, -0.15) is 0 Å². The second-order valence-corrected chi connectivity index (χ2v) is 4.23. The van der Waals surface area contributed by atoms with Crippen LogP contribution in [0.25, 0.3) is 0 Å². The SMILES string of the molecule is CC(C)O[C@@H](C)[C@@H]1C[C@H](F)CN1C. The third kappa shape index (κ3) is 2.92. The lowest BCUT2D eigenvalue weighted by atomic mass is 10.1. The standard InChI is InChI=1S/C10H20FNO/c1-7(2)13-8(3)10-5-9(11)6-12(10)4/h7-10H,5-6H2,1-4H3/t8-,9-,10-/m0/s1. The summed E-state index contributed by atoms with van der Waals surface area (Å²) in [7, 11) is 1.96. The summed E-state index contributed by atoms with van der Waals surface area (Å²) in [5.41, 5.74) is 0. The molecule has 0 saturated carbocycles. The third-order valence-electron chi connectivity index (χ3n) is 2.58. The van der Waals surface area contributed by atoms with Gasteiger partial charge in [0.2, 0.25) is 0 Å². The average Bonchev–Trinajstić information content (AvgIpc) is 2.28. The van der Waals surface area contributed by atoms with Gasteiger partial charge in [-0.25, -0.2) is 4.39 Å². The summed E-state index contributed by atoms with van der Waals surface area (Å²) >= 11 is 0. The van der Waals surface area contributed by atoms with Gasteiger partial charge in [0.05, 0.1) is 12.2 Å². The first-order chi connectivity index (χ1) is 6.00. The number of hydrogen-bond acceptors (Lipinski definition) is 2. The topological polar surface area (TPSA) is 12.5 Å². The molecule has 0 amide bonds. The third-order valence-corrected chi connectivity index (χ3v) is 2.58. The van der Waals surface area contributed by atoms with Crippen molar-refractivity contribution in [3.05, 3.63) is 0 Å². The van der Waals surface area contributed by atoms with E-state index in [0.717, 1.165) is 0 Å². The highest BCUT2D eigenvalue weighted by atomic mass is 19.1. The maximum absolute atomic E-state index is 13.0. The zero-order valence-electron chi connectivity index (χ0n) is 8.96. The molecule has 1 fully saturated rings. The van der Waals surface area contributed by atoms with Crippen molar-refractivity contribution in [2.75, 3.05) is 13.6 Å².